The minimum atomic E-state index is -5.15. The van der Waals surface area contributed by atoms with E-state index in [9.17, 15) is 23.1 Å². The Labute approximate surface area is 142 Å². The minimum absolute atomic E-state index is 0. The van der Waals surface area contributed by atoms with Gasteiger partial charge in [0.15, 0.2) is 5.75 Å². The van der Waals surface area contributed by atoms with Gasteiger partial charge in [0.05, 0.1) is 11.4 Å². The van der Waals surface area contributed by atoms with Gasteiger partial charge < -0.3 is 17.7 Å². The van der Waals surface area contributed by atoms with Crippen LogP contribution in [0.5, 0.6) is 5.75 Å². The van der Waals surface area contributed by atoms with Gasteiger partial charge in [-0.25, -0.2) is 0 Å². The third-order valence-corrected chi connectivity index (χ3v) is 1.78. The maximum atomic E-state index is 11.9. The number of rotatable bonds is 4. The number of nitrogens with zero attached hydrogens (tertiary/aromatic N) is 1. The van der Waals surface area contributed by atoms with Gasteiger partial charge in [-0.05, 0) is 12.1 Å². The van der Waals surface area contributed by atoms with Crippen LogP contribution in [0.15, 0.2) is 18.2 Å². The zero-order valence-corrected chi connectivity index (χ0v) is 12.6. The van der Waals surface area contributed by atoms with Crippen LogP contribution in [-0.4, -0.2) is 18.4 Å². The van der Waals surface area contributed by atoms with Gasteiger partial charge >= 0.3 is 64.0 Å². The van der Waals surface area contributed by atoms with Gasteiger partial charge in [0.25, 0.3) is 0 Å². The molecular weight excluding hydrogens is 288 g/mol. The van der Waals surface area contributed by atoms with Crippen LogP contribution in [0.4, 0.5) is 18.6 Å². The Bertz CT molecular complexity index is 418. The third-order valence-electron chi connectivity index (χ3n) is 1.55. The molecule has 17 heavy (non-hydrogen) atoms. The molecule has 10 heteroatoms. The molecule has 1 aromatic carbocycles. The summed E-state index contributed by atoms with van der Waals surface area (Å²) >= 11 is 5.47. The van der Waals surface area contributed by atoms with E-state index in [1.165, 1.54) is 6.07 Å². The quantitative estimate of drug-likeness (QED) is 0.447. The van der Waals surface area contributed by atoms with Gasteiger partial charge in [-0.15, -0.1) is 0 Å². The van der Waals surface area contributed by atoms with Gasteiger partial charge in [-0.3, -0.25) is 10.1 Å². The van der Waals surface area contributed by atoms with E-state index in [4.69, 9.17) is 11.6 Å². The van der Waals surface area contributed by atoms with Crippen LogP contribution in [0.2, 0.25) is 5.02 Å². The minimum Gasteiger partial charge on any atom is -0.517 e. The first-order chi connectivity index (χ1) is 7.29. The molecule has 1 aromatic rings. The number of ether oxygens (including phenoxy) is 1. The van der Waals surface area contributed by atoms with Crippen molar-refractivity contribution in [3.05, 3.63) is 33.3 Å². The van der Waals surface area contributed by atoms with Crippen LogP contribution >= 0.6 is 11.6 Å². The van der Waals surface area contributed by atoms with E-state index >= 15 is 0 Å². The maximum Gasteiger partial charge on any atom is 1.00 e. The van der Waals surface area contributed by atoms with Gasteiger partial charge in [0.2, 0.25) is 0 Å². The van der Waals surface area contributed by atoms with E-state index in [0.29, 0.717) is 0 Å². The van der Waals surface area contributed by atoms with Crippen molar-refractivity contribution in [3.63, 3.8) is 0 Å². The smallest absolute Gasteiger partial charge is 0.517 e. The predicted molar refractivity (Wildman–Crippen MR) is 52.7 cm³/mol. The molecule has 0 N–H and O–H groups in total. The Balaban J connectivity index is 0.00000256. The fourth-order valence-corrected chi connectivity index (χ4v) is 1.11. The van der Waals surface area contributed by atoms with Crippen molar-refractivity contribution in [2.75, 3.05) is 6.51 Å². The SMILES string of the molecule is O=[N+]([O-])c1cc(Cl)ccc1OC[B-](F)(F)F.[K+]. The molecule has 0 aliphatic heterocycles. The summed E-state index contributed by atoms with van der Waals surface area (Å²) in [4.78, 5) is 9.63. The Morgan fingerprint density at radius 3 is 2.47 bits per heavy atom. The van der Waals surface area contributed by atoms with Crippen LogP contribution < -0.4 is 56.1 Å². The zero-order chi connectivity index (χ0) is 12.3. The molecule has 0 aliphatic carbocycles. The van der Waals surface area contributed by atoms with Crippen molar-refractivity contribution >= 4 is 24.3 Å². The first kappa shape index (κ1) is 17.2. The molecule has 0 heterocycles. The van der Waals surface area contributed by atoms with Crippen LogP contribution in [0.1, 0.15) is 0 Å². The van der Waals surface area contributed by atoms with Crippen LogP contribution in [0.3, 0.4) is 0 Å². The van der Waals surface area contributed by atoms with Crippen molar-refractivity contribution in [2.24, 2.45) is 0 Å². The average Bonchev–Trinajstić information content (AvgIpc) is 2.14. The van der Waals surface area contributed by atoms with E-state index in [1.54, 1.807) is 0 Å². The van der Waals surface area contributed by atoms with Gasteiger partial charge in [-0.2, -0.15) is 0 Å². The molecule has 0 aromatic heterocycles. The van der Waals surface area contributed by atoms with E-state index in [0.717, 1.165) is 12.1 Å². The predicted octanol–water partition coefficient (Wildman–Crippen LogP) is 0.0176. The van der Waals surface area contributed by atoms with Crippen LogP contribution in [0, 0.1) is 10.1 Å². The van der Waals surface area contributed by atoms with Gasteiger partial charge in [-0.1, -0.05) is 11.6 Å². The molecule has 0 unspecified atom stereocenters. The van der Waals surface area contributed by atoms with E-state index in [2.05, 4.69) is 4.74 Å². The van der Waals surface area contributed by atoms with E-state index in [-0.39, 0.29) is 56.4 Å². The van der Waals surface area contributed by atoms with Crippen molar-refractivity contribution in [1.29, 1.82) is 0 Å². The van der Waals surface area contributed by atoms with Crippen molar-refractivity contribution in [1.82, 2.24) is 0 Å². The second-order valence-electron chi connectivity index (χ2n) is 2.89. The maximum absolute atomic E-state index is 11.9. The Kier molecular flexibility index (Phi) is 7.04. The second kappa shape index (κ2) is 6.95. The number of nitro groups is 1. The molecule has 0 saturated heterocycles. The molecule has 1 rings (SSSR count). The molecule has 0 radical (unpaired) electrons. The largest absolute Gasteiger partial charge is 1.00 e. The number of hydrogen-bond donors (Lipinski definition) is 0. The Hall–Kier alpha value is 0.201. The first-order valence-electron chi connectivity index (χ1n) is 4.07. The summed E-state index contributed by atoms with van der Waals surface area (Å²) in [6.07, 6.45) is 0. The number of hydrogen-bond acceptors (Lipinski definition) is 3. The molecule has 88 valence electrons. The number of benzene rings is 1. The molecule has 0 fully saturated rings. The van der Waals surface area contributed by atoms with Gasteiger partial charge in [0.1, 0.15) is 0 Å². The summed E-state index contributed by atoms with van der Waals surface area (Å²) in [6.45, 7) is -6.68. The van der Waals surface area contributed by atoms with E-state index < -0.39 is 29.8 Å². The Morgan fingerprint density at radius 2 is 2.00 bits per heavy atom. The van der Waals surface area contributed by atoms with Crippen molar-refractivity contribution in [3.8, 4) is 5.75 Å². The molecule has 0 saturated carbocycles. The normalized spacial score (nSPS) is 10.6. The molecular formula is C7H5BClF3KNO3. The number of halogens is 4. The van der Waals surface area contributed by atoms with Crippen LogP contribution in [-0.2, 0) is 0 Å². The topological polar surface area (TPSA) is 52.4 Å². The summed E-state index contributed by atoms with van der Waals surface area (Å²) < 4.78 is 40.0. The summed E-state index contributed by atoms with van der Waals surface area (Å²) in [5.74, 6) is -0.450. The van der Waals surface area contributed by atoms with Crippen molar-refractivity contribution in [2.45, 2.75) is 0 Å². The molecule has 0 spiro atoms. The monoisotopic (exact) mass is 293 g/mol. The second-order valence-corrected chi connectivity index (χ2v) is 3.33. The summed E-state index contributed by atoms with van der Waals surface area (Å²) in [7, 11) is 0. The molecule has 4 nitrogen and oxygen atoms in total. The average molecular weight is 293 g/mol. The first-order valence-corrected chi connectivity index (χ1v) is 4.45. The standard InChI is InChI=1S/C7H5BClF3NO3.K/c9-5-1-2-7(6(3-5)13(14)15)16-4-8(10,11)12;/h1-3H,4H2;/q-1;+1. The van der Waals surface area contributed by atoms with Crippen LogP contribution in [0.25, 0.3) is 0 Å². The summed E-state index contributed by atoms with van der Waals surface area (Å²) in [5, 5.41) is 10.5. The third kappa shape index (κ3) is 6.07. The Morgan fingerprint density at radius 1 is 1.41 bits per heavy atom. The summed E-state index contributed by atoms with van der Waals surface area (Å²) in [5.41, 5.74) is -0.590. The molecule has 0 bridgehead atoms. The number of nitro benzene ring substituents is 1. The summed E-state index contributed by atoms with van der Waals surface area (Å²) in [6, 6.07) is 3.18. The zero-order valence-electron chi connectivity index (χ0n) is 8.70. The fraction of sp³-hybridized carbons (Fsp3) is 0.143. The van der Waals surface area contributed by atoms with Crippen molar-refractivity contribution < 1.29 is 74.0 Å². The van der Waals surface area contributed by atoms with Gasteiger partial charge in [0, 0.05) is 11.1 Å². The molecule has 0 amide bonds. The van der Waals surface area contributed by atoms with E-state index in [1.807, 2.05) is 0 Å². The molecule has 0 aliphatic rings. The fourth-order valence-electron chi connectivity index (χ4n) is 0.940. The molecule has 0 atom stereocenters.